The molecular formula is C14H10O. The molecule has 1 aromatic heterocycles. The first-order chi connectivity index (χ1) is 7.43. The summed E-state index contributed by atoms with van der Waals surface area (Å²) >= 11 is 0. The summed E-state index contributed by atoms with van der Waals surface area (Å²) in [5.74, 6) is 0. The Balaban J connectivity index is 0.000000104. The van der Waals surface area contributed by atoms with E-state index in [1.807, 2.05) is 30.3 Å². The lowest BCUT2D eigenvalue weighted by atomic mass is 9.95. The van der Waals surface area contributed by atoms with Gasteiger partial charge in [0.1, 0.15) is 5.58 Å². The van der Waals surface area contributed by atoms with E-state index in [4.69, 9.17) is 4.42 Å². The van der Waals surface area contributed by atoms with Gasteiger partial charge in [0.2, 0.25) is 0 Å². The molecule has 2 aliphatic rings. The maximum Gasteiger partial charge on any atom is 0.133 e. The van der Waals surface area contributed by atoms with E-state index in [9.17, 15) is 0 Å². The Bertz CT molecular complexity index is 524. The first-order valence-electron chi connectivity index (χ1n) is 4.96. The monoisotopic (exact) mass is 194 g/mol. The number of furan rings is 1. The van der Waals surface area contributed by atoms with Crippen molar-refractivity contribution < 1.29 is 4.42 Å². The standard InChI is InChI=1S/C8H6O.C6H4/c1-2-4-8-7(3-1)5-6-9-8;1-2-6-4-3-5(1)6/h1-6H;1-4H. The van der Waals surface area contributed by atoms with E-state index in [-0.39, 0.29) is 0 Å². The fourth-order valence-electron chi connectivity index (χ4n) is 1.57. The van der Waals surface area contributed by atoms with Crippen molar-refractivity contribution in [2.45, 2.75) is 0 Å². The first-order valence-corrected chi connectivity index (χ1v) is 4.96. The van der Waals surface area contributed by atoms with Crippen LogP contribution in [0.1, 0.15) is 0 Å². The van der Waals surface area contributed by atoms with Crippen LogP contribution in [-0.4, -0.2) is 0 Å². The molecule has 0 spiro atoms. The van der Waals surface area contributed by atoms with Crippen molar-refractivity contribution in [1.82, 2.24) is 0 Å². The van der Waals surface area contributed by atoms with Gasteiger partial charge in [-0.1, -0.05) is 42.5 Å². The maximum absolute atomic E-state index is 5.12. The minimum Gasteiger partial charge on any atom is -0.464 e. The van der Waals surface area contributed by atoms with Crippen LogP contribution in [0.5, 0.6) is 0 Å². The molecule has 0 fully saturated rings. The van der Waals surface area contributed by atoms with Gasteiger partial charge in [0.05, 0.1) is 6.26 Å². The molecule has 0 bridgehead atoms. The summed E-state index contributed by atoms with van der Waals surface area (Å²) in [6.45, 7) is 0. The van der Waals surface area contributed by atoms with Crippen molar-refractivity contribution in [3.8, 4) is 11.1 Å². The third kappa shape index (κ3) is 1.42. The van der Waals surface area contributed by atoms with E-state index < -0.39 is 0 Å². The minimum atomic E-state index is 0.956. The molecule has 0 radical (unpaired) electrons. The van der Waals surface area contributed by atoms with E-state index in [0.717, 1.165) is 11.0 Å². The number of benzene rings is 2. The van der Waals surface area contributed by atoms with Crippen molar-refractivity contribution >= 4 is 11.0 Å². The van der Waals surface area contributed by atoms with Gasteiger partial charge in [-0.3, -0.25) is 0 Å². The average molecular weight is 194 g/mol. The summed E-state index contributed by atoms with van der Waals surface area (Å²) in [6.07, 6.45) is 1.70. The van der Waals surface area contributed by atoms with Crippen LogP contribution in [0.25, 0.3) is 22.1 Å². The average Bonchev–Trinajstić information content (AvgIpc) is 2.72. The number of fused-ring (bicyclic) bond motifs is 2. The van der Waals surface area contributed by atoms with Crippen molar-refractivity contribution in [1.29, 1.82) is 0 Å². The zero-order valence-electron chi connectivity index (χ0n) is 8.18. The third-order valence-electron chi connectivity index (χ3n) is 2.58. The minimum absolute atomic E-state index is 0.956. The Morgan fingerprint density at radius 3 is 1.87 bits per heavy atom. The van der Waals surface area contributed by atoms with Crippen LogP contribution in [0.2, 0.25) is 0 Å². The molecule has 2 aromatic rings. The largest absolute Gasteiger partial charge is 0.464 e. The number of hydrogen-bond acceptors (Lipinski definition) is 1. The Morgan fingerprint density at radius 1 is 0.667 bits per heavy atom. The Morgan fingerprint density at radius 2 is 1.33 bits per heavy atom. The van der Waals surface area contributed by atoms with Gasteiger partial charge < -0.3 is 4.42 Å². The molecule has 0 aliphatic heterocycles. The van der Waals surface area contributed by atoms with E-state index >= 15 is 0 Å². The smallest absolute Gasteiger partial charge is 0.133 e. The molecule has 72 valence electrons. The summed E-state index contributed by atoms with van der Waals surface area (Å²) in [7, 11) is 0. The summed E-state index contributed by atoms with van der Waals surface area (Å²) in [5, 5.41) is 1.16. The highest BCUT2D eigenvalue weighted by molar-refractivity contribution is 5.76. The first kappa shape index (κ1) is 8.30. The van der Waals surface area contributed by atoms with E-state index in [2.05, 4.69) is 24.3 Å². The lowest BCUT2D eigenvalue weighted by Gasteiger charge is -2.10. The molecular weight excluding hydrogens is 184 g/mol. The van der Waals surface area contributed by atoms with Gasteiger partial charge >= 0.3 is 0 Å². The third-order valence-corrected chi connectivity index (χ3v) is 2.58. The lowest BCUT2D eigenvalue weighted by molar-refractivity contribution is 0.616. The van der Waals surface area contributed by atoms with Crippen molar-refractivity contribution in [2.24, 2.45) is 0 Å². The van der Waals surface area contributed by atoms with Crippen LogP contribution in [-0.2, 0) is 0 Å². The summed E-state index contributed by atoms with van der Waals surface area (Å²) in [5.41, 5.74) is 3.81. The quantitative estimate of drug-likeness (QED) is 0.410. The lowest BCUT2D eigenvalue weighted by Crippen LogP contribution is -1.85. The summed E-state index contributed by atoms with van der Waals surface area (Å²) in [4.78, 5) is 0. The highest BCUT2D eigenvalue weighted by Gasteiger charge is 2.03. The fourth-order valence-corrected chi connectivity index (χ4v) is 1.57. The highest BCUT2D eigenvalue weighted by Crippen LogP contribution is 2.29. The topological polar surface area (TPSA) is 13.1 Å². The highest BCUT2D eigenvalue weighted by atomic mass is 16.3. The van der Waals surface area contributed by atoms with Gasteiger partial charge in [-0.2, -0.15) is 0 Å². The fraction of sp³-hybridized carbons (Fsp3) is 0. The molecule has 0 N–H and O–H groups in total. The molecule has 4 rings (SSSR count). The molecule has 0 atom stereocenters. The molecule has 1 aromatic carbocycles. The van der Waals surface area contributed by atoms with Gasteiger partial charge in [-0.25, -0.2) is 0 Å². The second-order valence-corrected chi connectivity index (χ2v) is 3.54. The van der Waals surface area contributed by atoms with Gasteiger partial charge in [0.15, 0.2) is 0 Å². The van der Waals surface area contributed by atoms with Gasteiger partial charge in [0, 0.05) is 5.39 Å². The van der Waals surface area contributed by atoms with Crippen molar-refractivity contribution in [2.75, 3.05) is 0 Å². The van der Waals surface area contributed by atoms with Crippen LogP contribution in [0.3, 0.4) is 0 Å². The van der Waals surface area contributed by atoms with Crippen LogP contribution < -0.4 is 0 Å². The van der Waals surface area contributed by atoms with Gasteiger partial charge in [-0.05, 0) is 23.3 Å². The second-order valence-electron chi connectivity index (χ2n) is 3.54. The molecule has 0 unspecified atom stereocenters. The van der Waals surface area contributed by atoms with E-state index in [1.54, 1.807) is 6.26 Å². The van der Waals surface area contributed by atoms with Gasteiger partial charge in [0.25, 0.3) is 0 Å². The van der Waals surface area contributed by atoms with Crippen LogP contribution in [0.4, 0.5) is 0 Å². The molecule has 2 aliphatic carbocycles. The molecule has 0 saturated heterocycles. The zero-order valence-corrected chi connectivity index (χ0v) is 8.18. The molecule has 1 nitrogen and oxygen atoms in total. The van der Waals surface area contributed by atoms with Gasteiger partial charge in [-0.15, -0.1) is 0 Å². The van der Waals surface area contributed by atoms with E-state index in [1.165, 1.54) is 11.1 Å². The molecule has 1 heterocycles. The SMILES string of the molecule is c1cc2ccc1-2.c1ccc2occc2c1. The van der Waals surface area contributed by atoms with Crippen LogP contribution >= 0.6 is 0 Å². The zero-order chi connectivity index (χ0) is 10.1. The molecule has 1 heteroatoms. The van der Waals surface area contributed by atoms with Crippen molar-refractivity contribution in [3.05, 3.63) is 60.9 Å². The number of hydrogen-bond donors (Lipinski definition) is 0. The van der Waals surface area contributed by atoms with Crippen LogP contribution in [0.15, 0.2) is 65.3 Å². The Labute approximate surface area is 88.0 Å². The Hall–Kier alpha value is -2.02. The normalized spacial score (nSPS) is 10.7. The predicted molar refractivity (Wildman–Crippen MR) is 61.7 cm³/mol. The Kier molecular flexibility index (Phi) is 1.82. The summed E-state index contributed by atoms with van der Waals surface area (Å²) < 4.78 is 5.12. The summed E-state index contributed by atoms with van der Waals surface area (Å²) in [6, 6.07) is 18.4. The number of para-hydroxylation sites is 1. The molecule has 0 amide bonds. The number of rotatable bonds is 0. The molecule has 15 heavy (non-hydrogen) atoms. The predicted octanol–water partition coefficient (Wildman–Crippen LogP) is 4.10. The van der Waals surface area contributed by atoms with Crippen molar-refractivity contribution in [3.63, 3.8) is 0 Å². The maximum atomic E-state index is 5.12. The van der Waals surface area contributed by atoms with E-state index in [0.29, 0.717) is 0 Å². The van der Waals surface area contributed by atoms with Crippen LogP contribution in [0, 0.1) is 0 Å². The second kappa shape index (κ2) is 3.28. The molecule has 0 saturated carbocycles.